The van der Waals surface area contributed by atoms with Crippen molar-refractivity contribution in [3.63, 3.8) is 0 Å². The maximum absolute atomic E-state index is 12.8. The molecule has 0 fully saturated rings. The summed E-state index contributed by atoms with van der Waals surface area (Å²) in [6.07, 6.45) is 0.258. The van der Waals surface area contributed by atoms with Crippen LogP contribution in [0.5, 0.6) is 23.0 Å². The van der Waals surface area contributed by atoms with Crippen LogP contribution in [0.1, 0.15) is 6.92 Å². The number of hydrogen-bond acceptors (Lipinski definition) is 6. The Hall–Kier alpha value is -3.43. The number of rotatable bonds is 9. The monoisotopic (exact) mass is 504 g/mol. The minimum Gasteiger partial charge on any atom is -0.497 e. The van der Waals surface area contributed by atoms with Crippen LogP contribution in [0, 0.1) is 0 Å². The predicted molar refractivity (Wildman–Crippen MR) is 133 cm³/mol. The smallest absolute Gasteiger partial charge is 0.265 e. The standard InChI is InChI=1S/C24H25ClN2O6S/c1-16(32-19-11-9-18(10-12-19)27(2)34(4,29)30)24(28)26-22-14-17(25)8-13-23(22)33-21-7-5-6-20(15-21)31-3/h5-16H,1-4H3,(H,26,28). The van der Waals surface area contributed by atoms with Gasteiger partial charge in [-0.2, -0.15) is 0 Å². The Balaban J connectivity index is 1.70. The third-order valence-electron chi connectivity index (χ3n) is 4.85. The number of methoxy groups -OCH3 is 1. The quantitative estimate of drug-likeness (QED) is 0.443. The number of hydrogen-bond donors (Lipinski definition) is 1. The summed E-state index contributed by atoms with van der Waals surface area (Å²) < 4.78 is 41.3. The van der Waals surface area contributed by atoms with E-state index < -0.39 is 22.0 Å². The number of sulfonamides is 1. The molecule has 0 heterocycles. The average Bonchev–Trinajstić information content (AvgIpc) is 2.80. The molecular formula is C24H25ClN2O6S. The molecule has 8 nitrogen and oxygen atoms in total. The number of benzene rings is 3. The molecule has 3 aromatic rings. The second kappa shape index (κ2) is 10.7. The van der Waals surface area contributed by atoms with Crippen molar-refractivity contribution in [2.45, 2.75) is 13.0 Å². The average molecular weight is 505 g/mol. The fourth-order valence-electron chi connectivity index (χ4n) is 2.90. The molecule has 0 saturated carbocycles. The highest BCUT2D eigenvalue weighted by molar-refractivity contribution is 7.92. The molecule has 1 amide bonds. The summed E-state index contributed by atoms with van der Waals surface area (Å²) in [5.41, 5.74) is 0.853. The molecule has 34 heavy (non-hydrogen) atoms. The molecule has 0 aliphatic heterocycles. The Kier molecular flexibility index (Phi) is 7.90. The summed E-state index contributed by atoms with van der Waals surface area (Å²) in [6, 6.07) is 18.3. The maximum Gasteiger partial charge on any atom is 0.265 e. The first-order valence-electron chi connectivity index (χ1n) is 10.2. The van der Waals surface area contributed by atoms with Crippen molar-refractivity contribution in [1.82, 2.24) is 0 Å². The van der Waals surface area contributed by atoms with Gasteiger partial charge in [-0.05, 0) is 61.5 Å². The topological polar surface area (TPSA) is 94.2 Å². The van der Waals surface area contributed by atoms with E-state index in [2.05, 4.69) is 5.32 Å². The zero-order chi connectivity index (χ0) is 24.9. The van der Waals surface area contributed by atoms with E-state index in [0.717, 1.165) is 10.6 Å². The van der Waals surface area contributed by atoms with Crippen LogP contribution in [0.3, 0.4) is 0 Å². The van der Waals surface area contributed by atoms with E-state index in [1.807, 2.05) is 0 Å². The minimum atomic E-state index is -3.38. The molecule has 10 heteroatoms. The molecular weight excluding hydrogens is 480 g/mol. The molecule has 0 radical (unpaired) electrons. The van der Waals surface area contributed by atoms with Gasteiger partial charge in [0.2, 0.25) is 10.0 Å². The second-order valence-electron chi connectivity index (χ2n) is 7.40. The lowest BCUT2D eigenvalue weighted by atomic mass is 10.2. The first-order chi connectivity index (χ1) is 16.1. The summed E-state index contributed by atoms with van der Waals surface area (Å²) in [5, 5.41) is 3.20. The van der Waals surface area contributed by atoms with Crippen LogP contribution < -0.4 is 23.8 Å². The number of carbonyl (C=O) groups is 1. The third kappa shape index (κ3) is 6.55. The van der Waals surface area contributed by atoms with Crippen LogP contribution in [0.4, 0.5) is 11.4 Å². The van der Waals surface area contributed by atoms with E-state index >= 15 is 0 Å². The Morgan fingerprint density at radius 1 is 1.00 bits per heavy atom. The van der Waals surface area contributed by atoms with Crippen LogP contribution in [0.2, 0.25) is 5.02 Å². The van der Waals surface area contributed by atoms with E-state index in [-0.39, 0.29) is 0 Å². The lowest BCUT2D eigenvalue weighted by molar-refractivity contribution is -0.122. The summed E-state index contributed by atoms with van der Waals surface area (Å²) in [4.78, 5) is 12.8. The Morgan fingerprint density at radius 2 is 1.68 bits per heavy atom. The Bertz CT molecular complexity index is 1260. The van der Waals surface area contributed by atoms with Crippen LogP contribution >= 0.6 is 11.6 Å². The Labute approximate surface area is 204 Å². The number of carbonyl (C=O) groups excluding carboxylic acids is 1. The third-order valence-corrected chi connectivity index (χ3v) is 6.29. The highest BCUT2D eigenvalue weighted by Crippen LogP contribution is 2.33. The summed E-state index contributed by atoms with van der Waals surface area (Å²) in [5.74, 6) is 1.54. The molecule has 0 saturated heterocycles. The van der Waals surface area contributed by atoms with Crippen molar-refractivity contribution in [3.05, 3.63) is 71.8 Å². The van der Waals surface area contributed by atoms with E-state index in [1.54, 1.807) is 80.8 Å². The van der Waals surface area contributed by atoms with Crippen molar-refractivity contribution >= 4 is 38.9 Å². The van der Waals surface area contributed by atoms with E-state index in [9.17, 15) is 13.2 Å². The molecule has 3 rings (SSSR count). The molecule has 1 atom stereocenters. The molecule has 3 aromatic carbocycles. The fourth-order valence-corrected chi connectivity index (χ4v) is 3.58. The largest absolute Gasteiger partial charge is 0.497 e. The van der Waals surface area contributed by atoms with Gasteiger partial charge in [0.25, 0.3) is 5.91 Å². The van der Waals surface area contributed by atoms with Crippen LogP contribution in [-0.4, -0.2) is 40.8 Å². The maximum atomic E-state index is 12.8. The summed E-state index contributed by atoms with van der Waals surface area (Å²) >= 11 is 6.13. The molecule has 0 bridgehead atoms. The number of halogens is 1. The van der Waals surface area contributed by atoms with Gasteiger partial charge in [-0.15, -0.1) is 0 Å². The predicted octanol–water partition coefficient (Wildman–Crippen LogP) is 4.94. The van der Waals surface area contributed by atoms with Gasteiger partial charge in [0, 0.05) is 18.1 Å². The molecule has 1 N–H and O–H groups in total. The van der Waals surface area contributed by atoms with Crippen molar-refractivity contribution in [2.24, 2.45) is 0 Å². The number of nitrogens with one attached hydrogen (secondary N) is 1. The number of anilines is 2. The lowest BCUT2D eigenvalue weighted by Crippen LogP contribution is -2.30. The van der Waals surface area contributed by atoms with Crippen molar-refractivity contribution in [3.8, 4) is 23.0 Å². The van der Waals surface area contributed by atoms with Crippen LogP contribution in [0.15, 0.2) is 66.7 Å². The molecule has 180 valence electrons. The van der Waals surface area contributed by atoms with Crippen molar-refractivity contribution < 1.29 is 27.4 Å². The van der Waals surface area contributed by atoms with Gasteiger partial charge in [-0.25, -0.2) is 8.42 Å². The van der Waals surface area contributed by atoms with Crippen molar-refractivity contribution in [2.75, 3.05) is 30.0 Å². The highest BCUT2D eigenvalue weighted by atomic mass is 35.5. The van der Waals surface area contributed by atoms with Gasteiger partial charge in [0.05, 0.1) is 24.7 Å². The van der Waals surface area contributed by atoms with Crippen LogP contribution in [-0.2, 0) is 14.8 Å². The van der Waals surface area contributed by atoms with Gasteiger partial charge in [0.1, 0.15) is 17.2 Å². The minimum absolute atomic E-state index is 0.376. The van der Waals surface area contributed by atoms with E-state index in [4.69, 9.17) is 25.8 Å². The Morgan fingerprint density at radius 3 is 2.32 bits per heavy atom. The van der Waals surface area contributed by atoms with Crippen molar-refractivity contribution in [1.29, 1.82) is 0 Å². The van der Waals surface area contributed by atoms with E-state index in [1.165, 1.54) is 7.05 Å². The SMILES string of the molecule is COc1cccc(Oc2ccc(Cl)cc2NC(=O)C(C)Oc2ccc(N(C)S(C)(=O)=O)cc2)c1. The van der Waals surface area contributed by atoms with Gasteiger partial charge < -0.3 is 19.5 Å². The normalized spacial score (nSPS) is 11.9. The summed E-state index contributed by atoms with van der Waals surface area (Å²) in [7, 11) is -0.358. The molecule has 0 aliphatic rings. The second-order valence-corrected chi connectivity index (χ2v) is 9.85. The zero-order valence-corrected chi connectivity index (χ0v) is 20.7. The molecule has 0 aliphatic carbocycles. The first kappa shape index (κ1) is 25.2. The highest BCUT2D eigenvalue weighted by Gasteiger charge is 2.18. The number of ether oxygens (including phenoxy) is 3. The molecule has 0 spiro atoms. The summed E-state index contributed by atoms with van der Waals surface area (Å²) in [6.45, 7) is 1.60. The van der Waals surface area contributed by atoms with Gasteiger partial charge in [0.15, 0.2) is 11.9 Å². The number of nitrogens with zero attached hydrogens (tertiary/aromatic N) is 1. The zero-order valence-electron chi connectivity index (χ0n) is 19.1. The van der Waals surface area contributed by atoms with Gasteiger partial charge in [-0.3, -0.25) is 9.10 Å². The van der Waals surface area contributed by atoms with Gasteiger partial charge in [-0.1, -0.05) is 17.7 Å². The van der Waals surface area contributed by atoms with Gasteiger partial charge >= 0.3 is 0 Å². The van der Waals surface area contributed by atoms with E-state index in [0.29, 0.717) is 39.4 Å². The molecule has 0 aromatic heterocycles. The molecule has 1 unspecified atom stereocenters. The number of amides is 1. The lowest BCUT2D eigenvalue weighted by Gasteiger charge is -2.19. The van der Waals surface area contributed by atoms with Crippen LogP contribution in [0.25, 0.3) is 0 Å². The first-order valence-corrected chi connectivity index (χ1v) is 12.4. The fraction of sp³-hybridized carbons (Fsp3) is 0.208.